The van der Waals surface area contributed by atoms with Crippen LogP contribution in [-0.2, 0) is 11.2 Å². The average Bonchev–Trinajstić information content (AvgIpc) is 2.98. The third-order valence-electron chi connectivity index (χ3n) is 3.86. The van der Waals surface area contributed by atoms with Gasteiger partial charge in [-0.1, -0.05) is 5.16 Å². The van der Waals surface area contributed by atoms with Crippen LogP contribution >= 0.6 is 0 Å². The van der Waals surface area contributed by atoms with Crippen LogP contribution in [0.3, 0.4) is 0 Å². The summed E-state index contributed by atoms with van der Waals surface area (Å²) in [7, 11) is 0. The lowest BCUT2D eigenvalue weighted by Crippen LogP contribution is -2.14. The Morgan fingerprint density at radius 2 is 2.17 bits per heavy atom. The van der Waals surface area contributed by atoms with Gasteiger partial charge in [-0.25, -0.2) is 0 Å². The molecule has 2 aliphatic rings. The smallest absolute Gasteiger partial charge is 0.227 e. The van der Waals surface area contributed by atoms with Gasteiger partial charge in [0, 0.05) is 13.0 Å². The monoisotopic (exact) mass is 251 g/mol. The molecule has 1 aromatic rings. The Kier molecular flexibility index (Phi) is 3.90. The second-order valence-corrected chi connectivity index (χ2v) is 5.30. The molecule has 1 aromatic heterocycles. The molecule has 18 heavy (non-hydrogen) atoms. The highest BCUT2D eigenvalue weighted by Crippen LogP contribution is 2.27. The predicted octanol–water partition coefficient (Wildman–Crippen LogP) is 1.85. The van der Waals surface area contributed by atoms with Crippen molar-refractivity contribution in [3.8, 4) is 0 Å². The van der Waals surface area contributed by atoms with E-state index in [9.17, 15) is 0 Å². The van der Waals surface area contributed by atoms with Gasteiger partial charge in [-0.3, -0.25) is 0 Å². The van der Waals surface area contributed by atoms with Crippen molar-refractivity contribution in [1.29, 1.82) is 0 Å². The van der Waals surface area contributed by atoms with E-state index in [0.717, 1.165) is 50.7 Å². The first-order valence-corrected chi connectivity index (χ1v) is 7.06. The number of rotatable bonds is 3. The fourth-order valence-corrected chi connectivity index (χ4v) is 2.81. The van der Waals surface area contributed by atoms with Crippen molar-refractivity contribution in [2.24, 2.45) is 5.92 Å². The summed E-state index contributed by atoms with van der Waals surface area (Å²) in [5.74, 6) is 2.21. The molecule has 3 heterocycles. The summed E-state index contributed by atoms with van der Waals surface area (Å²) < 4.78 is 10.9. The van der Waals surface area contributed by atoms with E-state index < -0.39 is 0 Å². The molecule has 0 aromatic carbocycles. The van der Waals surface area contributed by atoms with E-state index in [2.05, 4.69) is 15.5 Å². The van der Waals surface area contributed by atoms with Gasteiger partial charge in [0.1, 0.15) is 6.10 Å². The molecule has 2 atom stereocenters. The molecule has 0 aliphatic carbocycles. The lowest BCUT2D eigenvalue weighted by molar-refractivity contribution is 0.103. The van der Waals surface area contributed by atoms with Crippen LogP contribution < -0.4 is 5.32 Å². The van der Waals surface area contributed by atoms with Gasteiger partial charge in [0.05, 0.1) is 0 Å². The molecule has 5 nitrogen and oxygen atoms in total. The molecule has 0 saturated carbocycles. The Morgan fingerprint density at radius 3 is 3.06 bits per heavy atom. The molecule has 2 aliphatic heterocycles. The van der Waals surface area contributed by atoms with Crippen LogP contribution in [0.15, 0.2) is 4.52 Å². The van der Waals surface area contributed by atoms with Crippen molar-refractivity contribution in [3.05, 3.63) is 11.7 Å². The van der Waals surface area contributed by atoms with E-state index in [1.54, 1.807) is 0 Å². The Hall–Kier alpha value is -0.940. The Labute approximate surface area is 107 Å². The highest BCUT2D eigenvalue weighted by Gasteiger charge is 2.24. The van der Waals surface area contributed by atoms with Crippen LogP contribution in [0.4, 0.5) is 0 Å². The van der Waals surface area contributed by atoms with Crippen molar-refractivity contribution in [1.82, 2.24) is 15.5 Å². The summed E-state index contributed by atoms with van der Waals surface area (Å²) in [6.45, 7) is 3.07. The minimum atomic E-state index is 0.0679. The van der Waals surface area contributed by atoms with E-state index in [1.807, 2.05) is 0 Å². The van der Waals surface area contributed by atoms with Crippen LogP contribution in [0.5, 0.6) is 0 Å². The van der Waals surface area contributed by atoms with Crippen molar-refractivity contribution in [2.75, 3.05) is 19.7 Å². The third kappa shape index (κ3) is 2.90. The van der Waals surface area contributed by atoms with Gasteiger partial charge in [0.2, 0.25) is 11.7 Å². The molecule has 1 N–H and O–H groups in total. The predicted molar refractivity (Wildman–Crippen MR) is 66.1 cm³/mol. The van der Waals surface area contributed by atoms with Gasteiger partial charge in [0.25, 0.3) is 0 Å². The highest BCUT2D eigenvalue weighted by atomic mass is 16.5. The molecular formula is C13H21N3O2. The zero-order valence-electron chi connectivity index (χ0n) is 10.7. The van der Waals surface area contributed by atoms with Gasteiger partial charge < -0.3 is 14.6 Å². The van der Waals surface area contributed by atoms with Crippen LogP contribution in [-0.4, -0.2) is 29.8 Å². The van der Waals surface area contributed by atoms with E-state index in [1.165, 1.54) is 19.3 Å². The Balaban J connectivity index is 1.58. The first-order chi connectivity index (χ1) is 8.92. The van der Waals surface area contributed by atoms with Gasteiger partial charge in [-0.05, 0) is 51.1 Å². The van der Waals surface area contributed by atoms with Crippen molar-refractivity contribution < 1.29 is 9.26 Å². The van der Waals surface area contributed by atoms with Crippen molar-refractivity contribution >= 4 is 0 Å². The maximum atomic E-state index is 5.57. The van der Waals surface area contributed by atoms with E-state index in [-0.39, 0.29) is 6.10 Å². The topological polar surface area (TPSA) is 60.2 Å². The lowest BCUT2D eigenvalue weighted by atomic mass is 9.97. The third-order valence-corrected chi connectivity index (χ3v) is 3.86. The summed E-state index contributed by atoms with van der Waals surface area (Å²) in [5, 5.41) is 7.49. The fourth-order valence-electron chi connectivity index (χ4n) is 2.81. The van der Waals surface area contributed by atoms with Crippen LogP contribution in [0.25, 0.3) is 0 Å². The average molecular weight is 251 g/mol. The standard InChI is InChI=1S/C13H21N3O2/c1-3-10(5-7-14-6-1)9-12-15-13(16-18-12)11-4-2-8-17-11/h10-11,14H,1-9H2. The number of nitrogens with zero attached hydrogens (tertiary/aromatic N) is 2. The maximum Gasteiger partial charge on any atom is 0.227 e. The summed E-state index contributed by atoms with van der Waals surface area (Å²) in [6, 6.07) is 0. The highest BCUT2D eigenvalue weighted by molar-refractivity contribution is 4.94. The summed E-state index contributed by atoms with van der Waals surface area (Å²) in [5.41, 5.74) is 0. The molecule has 2 unspecified atom stereocenters. The number of ether oxygens (including phenoxy) is 1. The first kappa shape index (κ1) is 12.1. The quantitative estimate of drug-likeness (QED) is 0.888. The minimum Gasteiger partial charge on any atom is -0.370 e. The van der Waals surface area contributed by atoms with Gasteiger partial charge in [0.15, 0.2) is 0 Å². The molecule has 0 spiro atoms. The SMILES string of the molecule is C1CNCCC(Cc2nc(C3CCCO3)no2)C1. The van der Waals surface area contributed by atoms with Crippen LogP contribution in [0.1, 0.15) is 49.9 Å². The summed E-state index contributed by atoms with van der Waals surface area (Å²) in [4.78, 5) is 4.49. The maximum absolute atomic E-state index is 5.57. The van der Waals surface area contributed by atoms with Crippen molar-refractivity contribution in [3.63, 3.8) is 0 Å². The molecule has 0 bridgehead atoms. The molecule has 5 heteroatoms. The zero-order chi connectivity index (χ0) is 12.2. The molecule has 0 amide bonds. The molecule has 2 fully saturated rings. The zero-order valence-corrected chi connectivity index (χ0v) is 10.7. The fraction of sp³-hybridized carbons (Fsp3) is 0.846. The summed E-state index contributed by atoms with van der Waals surface area (Å²) in [6.07, 6.45) is 6.81. The molecule has 0 radical (unpaired) electrons. The Morgan fingerprint density at radius 1 is 1.17 bits per heavy atom. The van der Waals surface area contributed by atoms with Crippen molar-refractivity contribution in [2.45, 2.75) is 44.6 Å². The molecular weight excluding hydrogens is 230 g/mol. The summed E-state index contributed by atoms with van der Waals surface area (Å²) >= 11 is 0. The van der Waals surface area contributed by atoms with E-state index in [4.69, 9.17) is 9.26 Å². The largest absolute Gasteiger partial charge is 0.370 e. The number of nitrogens with one attached hydrogen (secondary N) is 1. The molecule has 2 saturated heterocycles. The van der Waals surface area contributed by atoms with Crippen LogP contribution in [0, 0.1) is 5.92 Å². The molecule has 3 rings (SSSR count). The van der Waals surface area contributed by atoms with Gasteiger partial charge in [-0.15, -0.1) is 0 Å². The number of aromatic nitrogens is 2. The second kappa shape index (κ2) is 5.80. The minimum absolute atomic E-state index is 0.0679. The van der Waals surface area contributed by atoms with Gasteiger partial charge in [-0.2, -0.15) is 4.98 Å². The number of hydrogen-bond acceptors (Lipinski definition) is 5. The number of hydrogen-bond donors (Lipinski definition) is 1. The van der Waals surface area contributed by atoms with Crippen LogP contribution in [0.2, 0.25) is 0 Å². The van der Waals surface area contributed by atoms with Gasteiger partial charge >= 0.3 is 0 Å². The normalized spacial score (nSPS) is 29.3. The lowest BCUT2D eigenvalue weighted by Gasteiger charge is -2.09. The Bertz CT molecular complexity index is 366. The second-order valence-electron chi connectivity index (χ2n) is 5.30. The van der Waals surface area contributed by atoms with E-state index in [0.29, 0.717) is 5.92 Å². The first-order valence-electron chi connectivity index (χ1n) is 7.06. The molecule has 100 valence electrons. The van der Waals surface area contributed by atoms with E-state index >= 15 is 0 Å².